The van der Waals surface area contributed by atoms with Crippen LogP contribution < -0.4 is 14.8 Å². The molecule has 9 heteroatoms. The molecule has 168 valence electrons. The molecule has 0 fully saturated rings. The molecular formula is C24H23N5O3S. The lowest BCUT2D eigenvalue weighted by atomic mass is 10.1. The van der Waals surface area contributed by atoms with Gasteiger partial charge in [0.15, 0.2) is 6.10 Å². The quantitative estimate of drug-likeness (QED) is 0.447. The Morgan fingerprint density at radius 3 is 2.79 bits per heavy atom. The van der Waals surface area contributed by atoms with Crippen molar-refractivity contribution in [3.8, 4) is 17.3 Å². The van der Waals surface area contributed by atoms with E-state index in [4.69, 9.17) is 9.47 Å². The Bertz CT molecular complexity index is 1260. The molecule has 33 heavy (non-hydrogen) atoms. The minimum atomic E-state index is -1.07. The van der Waals surface area contributed by atoms with Gasteiger partial charge in [0.05, 0.1) is 30.4 Å². The molecule has 1 aliphatic heterocycles. The number of nitrogens with one attached hydrogen (secondary N) is 1. The summed E-state index contributed by atoms with van der Waals surface area (Å²) in [6.45, 7) is 1.94. The highest BCUT2D eigenvalue weighted by Gasteiger charge is 2.29. The maximum Gasteiger partial charge on any atom is 0.230 e. The second kappa shape index (κ2) is 9.13. The number of imidazole rings is 1. The van der Waals surface area contributed by atoms with Crippen LogP contribution >= 0.6 is 0 Å². The Morgan fingerprint density at radius 2 is 2.03 bits per heavy atom. The molecular weight excluding hydrogens is 438 g/mol. The molecule has 0 radical (unpaired) electrons. The van der Waals surface area contributed by atoms with Crippen molar-refractivity contribution in [3.63, 3.8) is 0 Å². The van der Waals surface area contributed by atoms with Gasteiger partial charge in [-0.2, -0.15) is 4.98 Å². The number of fused-ring (bicyclic) bond motifs is 1. The molecule has 2 unspecified atom stereocenters. The zero-order valence-electron chi connectivity index (χ0n) is 18.3. The van der Waals surface area contributed by atoms with Crippen LogP contribution in [0.3, 0.4) is 0 Å². The summed E-state index contributed by atoms with van der Waals surface area (Å²) in [6, 6.07) is 15.5. The van der Waals surface area contributed by atoms with Crippen molar-refractivity contribution in [2.75, 3.05) is 18.2 Å². The van der Waals surface area contributed by atoms with E-state index in [0.29, 0.717) is 29.1 Å². The molecule has 0 aliphatic carbocycles. The van der Waals surface area contributed by atoms with Crippen molar-refractivity contribution in [3.05, 3.63) is 84.1 Å². The van der Waals surface area contributed by atoms with Crippen molar-refractivity contribution in [2.24, 2.45) is 0 Å². The Hall–Kier alpha value is -3.56. The fourth-order valence-electron chi connectivity index (χ4n) is 3.71. The van der Waals surface area contributed by atoms with E-state index in [2.05, 4.69) is 20.3 Å². The van der Waals surface area contributed by atoms with Gasteiger partial charge in [0.25, 0.3) is 0 Å². The zero-order valence-corrected chi connectivity index (χ0v) is 19.1. The normalized spacial score (nSPS) is 17.5. The summed E-state index contributed by atoms with van der Waals surface area (Å²) >= 11 is -1.07. The van der Waals surface area contributed by atoms with E-state index in [1.807, 2.05) is 66.2 Å². The number of hydrogen-bond acceptors (Lipinski definition) is 7. The highest BCUT2D eigenvalue weighted by Crippen LogP contribution is 2.32. The smallest absolute Gasteiger partial charge is 0.230 e. The Labute approximate surface area is 194 Å². The van der Waals surface area contributed by atoms with E-state index in [-0.39, 0.29) is 6.10 Å². The van der Waals surface area contributed by atoms with E-state index < -0.39 is 11.2 Å². The number of hydrogen-bond donors (Lipinski definition) is 1. The standard InChI is InChI=1S/C24H23N5O3S/c1-16-12-29(15-26-16)20-9-8-19(10-21(20)31-2)27-24-25-11-18-13-33(30)14-22(32-23(18)28-24)17-6-4-3-5-7-17/h3-12,15,22H,13-14H2,1-2H3,(H,25,27,28). The molecule has 2 atom stereocenters. The monoisotopic (exact) mass is 461 g/mol. The number of aryl methyl sites for hydroxylation is 1. The van der Waals surface area contributed by atoms with Crippen LogP contribution in [0.15, 0.2) is 67.3 Å². The van der Waals surface area contributed by atoms with Crippen molar-refractivity contribution in [1.82, 2.24) is 19.5 Å². The molecule has 0 saturated heterocycles. The van der Waals surface area contributed by atoms with Crippen LogP contribution in [0.25, 0.3) is 5.69 Å². The van der Waals surface area contributed by atoms with Crippen LogP contribution in [0.5, 0.6) is 11.6 Å². The van der Waals surface area contributed by atoms with Gasteiger partial charge < -0.3 is 23.9 Å². The van der Waals surface area contributed by atoms with Crippen molar-refractivity contribution in [2.45, 2.75) is 18.8 Å². The minimum absolute atomic E-state index is 0.325. The van der Waals surface area contributed by atoms with Crippen molar-refractivity contribution < 1.29 is 14.0 Å². The first-order valence-corrected chi connectivity index (χ1v) is 12.0. The predicted octanol–water partition coefficient (Wildman–Crippen LogP) is 4.11. The van der Waals surface area contributed by atoms with E-state index in [1.165, 1.54) is 0 Å². The van der Waals surface area contributed by atoms with Gasteiger partial charge in [0, 0.05) is 24.1 Å². The van der Waals surface area contributed by atoms with Crippen LogP contribution in [-0.4, -0.2) is 36.9 Å². The van der Waals surface area contributed by atoms with Crippen LogP contribution in [0.1, 0.15) is 22.9 Å². The zero-order chi connectivity index (χ0) is 22.8. The van der Waals surface area contributed by atoms with Gasteiger partial charge in [0.1, 0.15) is 17.3 Å². The van der Waals surface area contributed by atoms with Crippen LogP contribution in [0.4, 0.5) is 11.6 Å². The molecule has 1 aliphatic rings. The maximum atomic E-state index is 12.6. The largest absolute Gasteiger partial charge is 0.616 e. The topological polar surface area (TPSA) is 97.1 Å². The Kier molecular flexibility index (Phi) is 5.89. The number of benzene rings is 2. The van der Waals surface area contributed by atoms with Crippen molar-refractivity contribution >= 4 is 22.8 Å². The summed E-state index contributed by atoms with van der Waals surface area (Å²) in [6.07, 6.45) is 5.04. The molecule has 0 amide bonds. The highest BCUT2D eigenvalue weighted by molar-refractivity contribution is 7.90. The molecule has 2 aromatic carbocycles. The van der Waals surface area contributed by atoms with E-state index >= 15 is 0 Å². The summed E-state index contributed by atoms with van der Waals surface area (Å²) in [5, 5.41) is 3.22. The van der Waals surface area contributed by atoms with Gasteiger partial charge in [-0.25, -0.2) is 9.97 Å². The van der Waals surface area contributed by atoms with Crippen LogP contribution in [-0.2, 0) is 16.9 Å². The summed E-state index contributed by atoms with van der Waals surface area (Å²) in [4.78, 5) is 13.3. The summed E-state index contributed by atoms with van der Waals surface area (Å²) in [7, 11) is 1.63. The number of methoxy groups -OCH3 is 1. The number of nitrogens with zero attached hydrogens (tertiary/aromatic N) is 4. The Balaban J connectivity index is 1.41. The average molecular weight is 462 g/mol. The molecule has 5 rings (SSSR count). The fraction of sp³-hybridized carbons (Fsp3) is 0.208. The van der Waals surface area contributed by atoms with Gasteiger partial charge in [-0.3, -0.25) is 0 Å². The first kappa shape index (κ1) is 21.3. The third-order valence-corrected chi connectivity index (χ3v) is 6.64. The Morgan fingerprint density at radius 1 is 1.18 bits per heavy atom. The van der Waals surface area contributed by atoms with E-state index in [9.17, 15) is 4.55 Å². The molecule has 4 aromatic rings. The molecule has 0 saturated carbocycles. The van der Waals surface area contributed by atoms with Crippen LogP contribution in [0, 0.1) is 6.92 Å². The lowest BCUT2D eigenvalue weighted by Gasteiger charge is -2.17. The molecule has 2 aromatic heterocycles. The third-order valence-electron chi connectivity index (χ3n) is 5.33. The first-order chi connectivity index (χ1) is 16.1. The maximum absolute atomic E-state index is 12.6. The van der Waals surface area contributed by atoms with Gasteiger partial charge in [-0.1, -0.05) is 30.3 Å². The SMILES string of the molecule is COc1cc(Nc2ncc3c(n2)OC(c2ccccc2)C[S+]([O-])C3)ccc1-n1cnc(C)c1. The van der Waals surface area contributed by atoms with Crippen LogP contribution in [0.2, 0.25) is 0 Å². The lowest BCUT2D eigenvalue weighted by molar-refractivity contribution is 0.220. The number of anilines is 2. The van der Waals surface area contributed by atoms with Gasteiger partial charge in [0.2, 0.25) is 11.8 Å². The minimum Gasteiger partial charge on any atom is -0.616 e. The third kappa shape index (κ3) is 4.64. The van der Waals surface area contributed by atoms with E-state index in [0.717, 1.165) is 28.2 Å². The molecule has 1 N–H and O–H groups in total. The molecule has 8 nitrogen and oxygen atoms in total. The molecule has 0 bridgehead atoms. The first-order valence-electron chi connectivity index (χ1n) is 10.5. The fourth-order valence-corrected chi connectivity index (χ4v) is 4.97. The number of ether oxygens (including phenoxy) is 2. The van der Waals surface area contributed by atoms with Gasteiger partial charge in [-0.15, -0.1) is 0 Å². The van der Waals surface area contributed by atoms with Gasteiger partial charge >= 0.3 is 0 Å². The average Bonchev–Trinajstić information content (AvgIpc) is 3.18. The highest BCUT2D eigenvalue weighted by atomic mass is 32.2. The summed E-state index contributed by atoms with van der Waals surface area (Å²) in [5.74, 6) is 2.30. The summed E-state index contributed by atoms with van der Waals surface area (Å²) in [5.41, 5.74) is 4.28. The molecule has 0 spiro atoms. The summed E-state index contributed by atoms with van der Waals surface area (Å²) < 4.78 is 26.3. The second-order valence-electron chi connectivity index (χ2n) is 7.73. The second-order valence-corrected chi connectivity index (χ2v) is 9.23. The van der Waals surface area contributed by atoms with E-state index in [1.54, 1.807) is 19.6 Å². The number of rotatable bonds is 5. The van der Waals surface area contributed by atoms with Crippen molar-refractivity contribution in [1.29, 1.82) is 0 Å². The van der Waals surface area contributed by atoms with Gasteiger partial charge in [-0.05, 0) is 35.8 Å². The lowest BCUT2D eigenvalue weighted by Crippen LogP contribution is -2.17. The number of aromatic nitrogens is 4. The predicted molar refractivity (Wildman–Crippen MR) is 127 cm³/mol. The molecule has 3 heterocycles.